The molecule has 1 heterocycles. The molecule has 0 amide bonds. The van der Waals surface area contributed by atoms with Crippen molar-refractivity contribution in [2.24, 2.45) is 0 Å². The molecular weight excluding hydrogens is 317 g/mol. The maximum absolute atomic E-state index is 11.2. The summed E-state index contributed by atoms with van der Waals surface area (Å²) in [7, 11) is 1.36. The van der Waals surface area contributed by atoms with E-state index in [2.05, 4.69) is 9.72 Å². The predicted octanol–water partition coefficient (Wildman–Crippen LogP) is 1.18. The second kappa shape index (κ2) is 6.00. The summed E-state index contributed by atoms with van der Waals surface area (Å²) in [6.45, 7) is 0. The Morgan fingerprint density at radius 3 is 2.50 bits per heavy atom. The summed E-state index contributed by atoms with van der Waals surface area (Å²) in [5.74, 6) is -0.368. The molecular formula is C13H10ClNO2Se. The number of halogens is 1. The van der Waals surface area contributed by atoms with Crippen LogP contribution in [-0.4, -0.2) is 33.0 Å². The van der Waals surface area contributed by atoms with Gasteiger partial charge in [0.25, 0.3) is 0 Å². The molecule has 0 aliphatic carbocycles. The van der Waals surface area contributed by atoms with Gasteiger partial charge in [0.1, 0.15) is 0 Å². The average molecular weight is 327 g/mol. The van der Waals surface area contributed by atoms with Crippen LogP contribution in [0.1, 0.15) is 10.4 Å². The molecule has 1 aromatic heterocycles. The van der Waals surface area contributed by atoms with Crippen molar-refractivity contribution in [1.29, 1.82) is 0 Å². The van der Waals surface area contributed by atoms with Gasteiger partial charge in [-0.3, -0.25) is 0 Å². The molecule has 0 fully saturated rings. The SMILES string of the molecule is COC(=O)c1ccc([Se]c2ccc(Cl)cc2)nc1. The number of rotatable bonds is 3. The Morgan fingerprint density at radius 1 is 1.22 bits per heavy atom. The predicted molar refractivity (Wildman–Crippen MR) is 72.1 cm³/mol. The van der Waals surface area contributed by atoms with Crippen LogP contribution in [0.3, 0.4) is 0 Å². The zero-order valence-electron chi connectivity index (χ0n) is 9.59. The Balaban J connectivity index is 2.10. The van der Waals surface area contributed by atoms with Gasteiger partial charge in [-0.25, -0.2) is 0 Å². The van der Waals surface area contributed by atoms with E-state index in [1.54, 1.807) is 12.3 Å². The van der Waals surface area contributed by atoms with Gasteiger partial charge < -0.3 is 0 Å². The monoisotopic (exact) mass is 327 g/mol. The van der Waals surface area contributed by atoms with Crippen LogP contribution in [-0.2, 0) is 4.74 Å². The third-order valence-electron chi connectivity index (χ3n) is 2.19. The van der Waals surface area contributed by atoms with E-state index in [9.17, 15) is 4.79 Å². The molecule has 0 aliphatic heterocycles. The van der Waals surface area contributed by atoms with Gasteiger partial charge in [0.05, 0.1) is 0 Å². The maximum atomic E-state index is 11.2. The molecule has 0 saturated carbocycles. The average Bonchev–Trinajstić information content (AvgIpc) is 2.41. The third-order valence-corrected chi connectivity index (χ3v) is 4.46. The molecule has 18 heavy (non-hydrogen) atoms. The van der Waals surface area contributed by atoms with E-state index in [1.807, 2.05) is 30.3 Å². The second-order valence-corrected chi connectivity index (χ2v) is 6.16. The van der Waals surface area contributed by atoms with Gasteiger partial charge in [-0.15, -0.1) is 0 Å². The van der Waals surface area contributed by atoms with Gasteiger partial charge in [-0.1, -0.05) is 0 Å². The van der Waals surface area contributed by atoms with E-state index < -0.39 is 0 Å². The molecule has 0 aliphatic rings. The van der Waals surface area contributed by atoms with E-state index in [-0.39, 0.29) is 20.9 Å². The van der Waals surface area contributed by atoms with Gasteiger partial charge in [0, 0.05) is 0 Å². The fourth-order valence-corrected chi connectivity index (χ4v) is 3.01. The molecule has 1 aromatic carbocycles. The molecule has 2 aromatic rings. The summed E-state index contributed by atoms with van der Waals surface area (Å²) in [6.07, 6.45) is 1.54. The molecule has 0 saturated heterocycles. The first-order valence-electron chi connectivity index (χ1n) is 5.17. The Morgan fingerprint density at radius 2 is 1.94 bits per heavy atom. The first kappa shape index (κ1) is 13.1. The van der Waals surface area contributed by atoms with E-state index in [4.69, 9.17) is 11.6 Å². The van der Waals surface area contributed by atoms with Crippen molar-refractivity contribution >= 4 is 41.6 Å². The number of ether oxygens (including phenoxy) is 1. The van der Waals surface area contributed by atoms with E-state index in [1.165, 1.54) is 11.6 Å². The summed E-state index contributed by atoms with van der Waals surface area (Å²) in [5, 5.41) is 0.726. The molecule has 3 nitrogen and oxygen atoms in total. The Hall–Kier alpha value is -1.35. The fraction of sp³-hybridized carbons (Fsp3) is 0.0769. The van der Waals surface area contributed by atoms with Crippen molar-refractivity contribution in [3.63, 3.8) is 0 Å². The molecule has 0 unspecified atom stereocenters. The number of hydrogen-bond donors (Lipinski definition) is 0. The molecule has 0 atom stereocenters. The zero-order chi connectivity index (χ0) is 13.0. The van der Waals surface area contributed by atoms with Gasteiger partial charge in [0.2, 0.25) is 0 Å². The normalized spacial score (nSPS) is 10.1. The zero-order valence-corrected chi connectivity index (χ0v) is 12.1. The minimum absolute atomic E-state index is 0.110. The molecule has 2 rings (SSSR count). The number of aromatic nitrogens is 1. The van der Waals surface area contributed by atoms with Crippen LogP contribution in [0.5, 0.6) is 0 Å². The van der Waals surface area contributed by atoms with E-state index in [0.29, 0.717) is 5.56 Å². The van der Waals surface area contributed by atoms with Crippen molar-refractivity contribution in [1.82, 2.24) is 4.98 Å². The molecule has 0 spiro atoms. The molecule has 0 bridgehead atoms. The summed E-state index contributed by atoms with van der Waals surface area (Å²) < 4.78 is 6.76. The number of nitrogens with zero attached hydrogens (tertiary/aromatic N) is 1. The first-order chi connectivity index (χ1) is 8.69. The van der Waals surface area contributed by atoms with Crippen molar-refractivity contribution in [2.45, 2.75) is 0 Å². The van der Waals surface area contributed by atoms with Crippen LogP contribution in [0.25, 0.3) is 0 Å². The fourth-order valence-electron chi connectivity index (χ4n) is 1.30. The van der Waals surface area contributed by atoms with Gasteiger partial charge >= 0.3 is 116 Å². The number of pyridine rings is 1. The van der Waals surface area contributed by atoms with Crippen molar-refractivity contribution < 1.29 is 9.53 Å². The number of methoxy groups -OCH3 is 1. The molecule has 0 radical (unpaired) electrons. The van der Waals surface area contributed by atoms with Crippen LogP contribution in [0.15, 0.2) is 42.6 Å². The van der Waals surface area contributed by atoms with Crippen LogP contribution in [0.4, 0.5) is 0 Å². The van der Waals surface area contributed by atoms with Gasteiger partial charge in [0.15, 0.2) is 0 Å². The molecule has 92 valence electrons. The molecule has 0 N–H and O–H groups in total. The summed E-state index contributed by atoms with van der Waals surface area (Å²) in [5.41, 5.74) is 0.466. The third kappa shape index (κ3) is 3.33. The van der Waals surface area contributed by atoms with E-state index >= 15 is 0 Å². The van der Waals surface area contributed by atoms with Crippen molar-refractivity contribution in [3.05, 3.63) is 53.2 Å². The topological polar surface area (TPSA) is 39.2 Å². The summed E-state index contributed by atoms with van der Waals surface area (Å²) in [6, 6.07) is 11.3. The number of hydrogen-bond acceptors (Lipinski definition) is 3. The van der Waals surface area contributed by atoms with Crippen LogP contribution in [0.2, 0.25) is 5.02 Å². The Bertz CT molecular complexity index is 540. The summed E-state index contributed by atoms with van der Waals surface area (Å²) in [4.78, 5) is 15.5. The van der Waals surface area contributed by atoms with Crippen LogP contribution in [0, 0.1) is 0 Å². The van der Waals surface area contributed by atoms with Crippen LogP contribution < -0.4 is 9.05 Å². The standard InChI is InChI=1S/C13H10ClNO2Se/c1-17-13(16)9-2-7-12(15-8-9)18-11-5-3-10(14)4-6-11/h2-8H,1H3. The van der Waals surface area contributed by atoms with Gasteiger partial charge in [-0.2, -0.15) is 0 Å². The number of carbonyl (C=O) groups is 1. The number of benzene rings is 1. The molecule has 5 heteroatoms. The first-order valence-corrected chi connectivity index (χ1v) is 7.26. The van der Waals surface area contributed by atoms with Gasteiger partial charge in [-0.05, 0) is 0 Å². The summed E-state index contributed by atoms with van der Waals surface area (Å²) >= 11 is 5.94. The Kier molecular flexibility index (Phi) is 4.37. The quantitative estimate of drug-likeness (QED) is 0.628. The van der Waals surface area contributed by atoms with Crippen molar-refractivity contribution in [3.8, 4) is 0 Å². The Labute approximate surface area is 116 Å². The second-order valence-electron chi connectivity index (χ2n) is 3.43. The van der Waals surface area contributed by atoms with E-state index in [0.717, 1.165) is 9.61 Å². The van der Waals surface area contributed by atoms with Crippen molar-refractivity contribution in [2.75, 3.05) is 7.11 Å². The van der Waals surface area contributed by atoms with Crippen LogP contribution >= 0.6 is 11.6 Å². The number of esters is 1. The minimum atomic E-state index is -0.368. The number of carbonyl (C=O) groups excluding carboxylic acids is 1.